The zero-order chi connectivity index (χ0) is 10.3. The van der Waals surface area contributed by atoms with Crippen LogP contribution in [-0.2, 0) is 0 Å². The predicted octanol–water partition coefficient (Wildman–Crippen LogP) is 3.37. The molecule has 0 atom stereocenters. The van der Waals surface area contributed by atoms with Crippen LogP contribution in [0.15, 0.2) is 12.2 Å². The van der Waals surface area contributed by atoms with E-state index >= 15 is 0 Å². The lowest BCUT2D eigenvalue weighted by Crippen LogP contribution is -2.22. The van der Waals surface area contributed by atoms with E-state index in [0.29, 0.717) is 5.41 Å². The van der Waals surface area contributed by atoms with Gasteiger partial charge in [-0.2, -0.15) is 0 Å². The standard InChI is InChI=1S/C12H25N/c1-6-11(3)10-12(4,5)8-9-13-7-2/h13H,3,6-10H2,1-2,4-5H3. The molecule has 1 heteroatoms. The second kappa shape index (κ2) is 6.20. The molecule has 0 saturated heterocycles. The van der Waals surface area contributed by atoms with Crippen molar-refractivity contribution in [1.29, 1.82) is 0 Å². The highest BCUT2D eigenvalue weighted by Gasteiger charge is 2.17. The van der Waals surface area contributed by atoms with Crippen LogP contribution in [0.5, 0.6) is 0 Å². The fraction of sp³-hybridized carbons (Fsp3) is 0.833. The summed E-state index contributed by atoms with van der Waals surface area (Å²) in [6.45, 7) is 15.2. The summed E-state index contributed by atoms with van der Waals surface area (Å²) in [7, 11) is 0. The average Bonchev–Trinajstić information content (AvgIpc) is 2.03. The summed E-state index contributed by atoms with van der Waals surface area (Å²) in [4.78, 5) is 0. The largest absolute Gasteiger partial charge is 0.317 e. The van der Waals surface area contributed by atoms with Crippen molar-refractivity contribution >= 4 is 0 Å². The highest BCUT2D eigenvalue weighted by molar-refractivity contribution is 4.97. The third-order valence-electron chi connectivity index (χ3n) is 2.46. The Morgan fingerprint density at radius 2 is 1.92 bits per heavy atom. The van der Waals surface area contributed by atoms with Crippen molar-refractivity contribution in [3.63, 3.8) is 0 Å². The van der Waals surface area contributed by atoms with Gasteiger partial charge in [0.25, 0.3) is 0 Å². The van der Waals surface area contributed by atoms with Crippen molar-refractivity contribution in [2.75, 3.05) is 13.1 Å². The minimum atomic E-state index is 0.412. The van der Waals surface area contributed by atoms with Gasteiger partial charge < -0.3 is 5.32 Å². The van der Waals surface area contributed by atoms with E-state index in [1.54, 1.807) is 0 Å². The third kappa shape index (κ3) is 6.83. The van der Waals surface area contributed by atoms with Crippen molar-refractivity contribution in [2.45, 2.75) is 47.0 Å². The molecule has 0 bridgehead atoms. The van der Waals surface area contributed by atoms with Crippen LogP contribution in [0.1, 0.15) is 47.0 Å². The first-order valence-electron chi connectivity index (χ1n) is 5.39. The molecular formula is C12H25N. The minimum Gasteiger partial charge on any atom is -0.317 e. The van der Waals surface area contributed by atoms with Gasteiger partial charge in [-0.05, 0) is 37.8 Å². The third-order valence-corrected chi connectivity index (χ3v) is 2.46. The van der Waals surface area contributed by atoms with Gasteiger partial charge in [0.2, 0.25) is 0 Å². The average molecular weight is 183 g/mol. The molecule has 0 saturated carbocycles. The molecule has 0 aromatic rings. The first kappa shape index (κ1) is 12.7. The summed E-state index contributed by atoms with van der Waals surface area (Å²) < 4.78 is 0. The Labute approximate surface area is 83.6 Å². The molecule has 0 aliphatic rings. The van der Waals surface area contributed by atoms with Crippen LogP contribution in [0.25, 0.3) is 0 Å². The van der Waals surface area contributed by atoms with Gasteiger partial charge in [0.1, 0.15) is 0 Å². The first-order chi connectivity index (χ1) is 6.02. The summed E-state index contributed by atoms with van der Waals surface area (Å²) in [6, 6.07) is 0. The van der Waals surface area contributed by atoms with Gasteiger partial charge in [-0.15, -0.1) is 0 Å². The second-order valence-electron chi connectivity index (χ2n) is 4.55. The second-order valence-corrected chi connectivity index (χ2v) is 4.55. The number of nitrogens with one attached hydrogen (secondary N) is 1. The minimum absolute atomic E-state index is 0.412. The maximum absolute atomic E-state index is 4.07. The van der Waals surface area contributed by atoms with Crippen LogP contribution in [0.2, 0.25) is 0 Å². The monoisotopic (exact) mass is 183 g/mol. The Morgan fingerprint density at radius 1 is 1.31 bits per heavy atom. The number of hydrogen-bond acceptors (Lipinski definition) is 1. The summed E-state index contributed by atoms with van der Waals surface area (Å²) >= 11 is 0. The van der Waals surface area contributed by atoms with Gasteiger partial charge in [0, 0.05) is 0 Å². The number of allylic oxidation sites excluding steroid dienone is 1. The van der Waals surface area contributed by atoms with Crippen LogP contribution in [0.4, 0.5) is 0 Å². The van der Waals surface area contributed by atoms with Crippen molar-refractivity contribution in [2.24, 2.45) is 5.41 Å². The Hall–Kier alpha value is -0.300. The molecular weight excluding hydrogens is 158 g/mol. The fourth-order valence-corrected chi connectivity index (χ4v) is 1.49. The molecule has 0 heterocycles. The molecule has 0 aliphatic carbocycles. The quantitative estimate of drug-likeness (QED) is 0.471. The van der Waals surface area contributed by atoms with E-state index < -0.39 is 0 Å². The molecule has 0 spiro atoms. The lowest BCUT2D eigenvalue weighted by molar-refractivity contribution is 0.324. The topological polar surface area (TPSA) is 12.0 Å². The maximum atomic E-state index is 4.07. The Balaban J connectivity index is 3.72. The predicted molar refractivity (Wildman–Crippen MR) is 61.0 cm³/mol. The van der Waals surface area contributed by atoms with Crippen LogP contribution < -0.4 is 5.32 Å². The van der Waals surface area contributed by atoms with Gasteiger partial charge in [0.05, 0.1) is 0 Å². The van der Waals surface area contributed by atoms with Crippen molar-refractivity contribution < 1.29 is 0 Å². The van der Waals surface area contributed by atoms with E-state index in [-0.39, 0.29) is 0 Å². The lowest BCUT2D eigenvalue weighted by Gasteiger charge is -2.25. The smallest absolute Gasteiger partial charge is 0.00438 e. The first-order valence-corrected chi connectivity index (χ1v) is 5.39. The summed E-state index contributed by atoms with van der Waals surface area (Å²) in [5, 5.41) is 3.37. The molecule has 0 aliphatic heterocycles. The van der Waals surface area contributed by atoms with Crippen LogP contribution >= 0.6 is 0 Å². The molecule has 0 unspecified atom stereocenters. The van der Waals surface area contributed by atoms with E-state index in [9.17, 15) is 0 Å². The molecule has 0 rings (SSSR count). The highest BCUT2D eigenvalue weighted by atomic mass is 14.8. The SMILES string of the molecule is C=C(CC)CC(C)(C)CCNCC. The highest BCUT2D eigenvalue weighted by Crippen LogP contribution is 2.28. The van der Waals surface area contributed by atoms with Gasteiger partial charge in [-0.25, -0.2) is 0 Å². The Kier molecular flexibility index (Phi) is 6.06. The summed E-state index contributed by atoms with van der Waals surface area (Å²) in [6.07, 6.45) is 3.51. The zero-order valence-corrected chi connectivity index (χ0v) is 9.74. The zero-order valence-electron chi connectivity index (χ0n) is 9.74. The summed E-state index contributed by atoms with van der Waals surface area (Å²) in [5.41, 5.74) is 1.79. The summed E-state index contributed by atoms with van der Waals surface area (Å²) in [5.74, 6) is 0. The molecule has 0 amide bonds. The number of rotatable bonds is 7. The Morgan fingerprint density at radius 3 is 2.38 bits per heavy atom. The van der Waals surface area contributed by atoms with E-state index in [1.807, 2.05) is 0 Å². The fourth-order valence-electron chi connectivity index (χ4n) is 1.49. The lowest BCUT2D eigenvalue weighted by atomic mass is 9.82. The van der Waals surface area contributed by atoms with E-state index in [4.69, 9.17) is 0 Å². The Bertz CT molecular complexity index is 147. The van der Waals surface area contributed by atoms with Crippen LogP contribution in [0.3, 0.4) is 0 Å². The van der Waals surface area contributed by atoms with Crippen LogP contribution in [0, 0.1) is 5.41 Å². The normalized spacial score (nSPS) is 11.7. The van der Waals surface area contributed by atoms with Crippen molar-refractivity contribution in [3.8, 4) is 0 Å². The maximum Gasteiger partial charge on any atom is -0.00438 e. The molecule has 1 nitrogen and oxygen atoms in total. The molecule has 0 aromatic heterocycles. The van der Waals surface area contributed by atoms with Crippen molar-refractivity contribution in [3.05, 3.63) is 12.2 Å². The molecule has 78 valence electrons. The van der Waals surface area contributed by atoms with Crippen LogP contribution in [-0.4, -0.2) is 13.1 Å². The van der Waals surface area contributed by atoms with Crippen molar-refractivity contribution in [1.82, 2.24) is 5.32 Å². The molecule has 1 N–H and O–H groups in total. The van der Waals surface area contributed by atoms with E-state index in [1.165, 1.54) is 12.0 Å². The molecule has 0 fully saturated rings. The van der Waals surface area contributed by atoms with E-state index in [2.05, 4.69) is 39.6 Å². The van der Waals surface area contributed by atoms with Gasteiger partial charge in [-0.1, -0.05) is 39.8 Å². The molecule has 13 heavy (non-hydrogen) atoms. The molecule has 0 radical (unpaired) electrons. The van der Waals surface area contributed by atoms with Gasteiger partial charge >= 0.3 is 0 Å². The van der Waals surface area contributed by atoms with E-state index in [0.717, 1.165) is 25.9 Å². The molecule has 0 aromatic carbocycles. The van der Waals surface area contributed by atoms with Gasteiger partial charge in [0.15, 0.2) is 0 Å². The number of hydrogen-bond donors (Lipinski definition) is 1. The van der Waals surface area contributed by atoms with Gasteiger partial charge in [-0.3, -0.25) is 0 Å².